The van der Waals surface area contributed by atoms with Crippen molar-refractivity contribution in [2.75, 3.05) is 6.26 Å². The van der Waals surface area contributed by atoms with Crippen LogP contribution in [0.3, 0.4) is 0 Å². The van der Waals surface area contributed by atoms with Gasteiger partial charge in [-0.2, -0.15) is 10.3 Å². The van der Waals surface area contributed by atoms with Gasteiger partial charge in [0.25, 0.3) is 0 Å². The van der Waals surface area contributed by atoms with E-state index in [9.17, 15) is 0 Å². The van der Waals surface area contributed by atoms with Crippen molar-refractivity contribution in [1.29, 1.82) is 0 Å². The lowest BCUT2D eigenvalue weighted by Crippen LogP contribution is -1.66. The van der Waals surface area contributed by atoms with Gasteiger partial charge in [-0.25, -0.2) is 0 Å². The fourth-order valence-corrected chi connectivity index (χ4v) is 0.580. The highest BCUT2D eigenvalue weighted by molar-refractivity contribution is 7.98. The number of hydrogen-bond donors (Lipinski definition) is 1. The molecule has 0 fully saturated rings. The van der Waals surface area contributed by atoms with Crippen molar-refractivity contribution in [3.05, 3.63) is 6.20 Å². The standard InChI is InChI=1S/C3H5N3S/c1-7-3-2-4-6-5-3/h2H,1H3,(H,4,5,6). The predicted molar refractivity (Wildman–Crippen MR) is 28.2 cm³/mol. The van der Waals surface area contributed by atoms with Crippen molar-refractivity contribution in [2.45, 2.75) is 5.03 Å². The summed E-state index contributed by atoms with van der Waals surface area (Å²) in [5.74, 6) is 0. The summed E-state index contributed by atoms with van der Waals surface area (Å²) in [6, 6.07) is 0. The largest absolute Gasteiger partial charge is 0.197 e. The first-order valence-electron chi connectivity index (χ1n) is 1.83. The van der Waals surface area contributed by atoms with Gasteiger partial charge < -0.3 is 0 Å². The Bertz CT molecular complexity index is 125. The second-order valence-electron chi connectivity index (χ2n) is 1.01. The SMILES string of the molecule is CSc1cn[nH]n1. The first-order chi connectivity index (χ1) is 3.43. The Kier molecular flexibility index (Phi) is 1.31. The minimum absolute atomic E-state index is 0.931. The zero-order valence-electron chi connectivity index (χ0n) is 3.88. The Balaban J connectivity index is 2.76. The number of hydrogen-bond acceptors (Lipinski definition) is 3. The summed E-state index contributed by atoms with van der Waals surface area (Å²) in [5.41, 5.74) is 0. The first-order valence-corrected chi connectivity index (χ1v) is 3.05. The Labute approximate surface area is 45.5 Å². The topological polar surface area (TPSA) is 41.6 Å². The van der Waals surface area contributed by atoms with Crippen LogP contribution in [0.2, 0.25) is 0 Å². The van der Waals surface area contributed by atoms with E-state index in [1.54, 1.807) is 18.0 Å². The van der Waals surface area contributed by atoms with E-state index in [2.05, 4.69) is 15.4 Å². The van der Waals surface area contributed by atoms with Gasteiger partial charge in [0.05, 0.1) is 6.20 Å². The third kappa shape index (κ3) is 0.928. The molecule has 0 aliphatic rings. The van der Waals surface area contributed by atoms with Crippen LogP contribution in [0.5, 0.6) is 0 Å². The molecule has 0 saturated heterocycles. The van der Waals surface area contributed by atoms with Crippen LogP contribution in [-0.4, -0.2) is 21.7 Å². The lowest BCUT2D eigenvalue weighted by atomic mass is 11.0. The summed E-state index contributed by atoms with van der Waals surface area (Å²) in [6.07, 6.45) is 3.64. The molecule has 7 heavy (non-hydrogen) atoms. The second kappa shape index (κ2) is 1.97. The van der Waals surface area contributed by atoms with Crippen LogP contribution in [-0.2, 0) is 0 Å². The quantitative estimate of drug-likeness (QED) is 0.543. The molecule has 0 bridgehead atoms. The van der Waals surface area contributed by atoms with Gasteiger partial charge in [0.15, 0.2) is 0 Å². The second-order valence-corrected chi connectivity index (χ2v) is 1.84. The number of nitrogens with one attached hydrogen (secondary N) is 1. The molecule has 0 atom stereocenters. The molecule has 1 heterocycles. The van der Waals surface area contributed by atoms with Gasteiger partial charge in [-0.15, -0.1) is 16.9 Å². The van der Waals surface area contributed by atoms with Gasteiger partial charge in [0, 0.05) is 0 Å². The highest BCUT2D eigenvalue weighted by Crippen LogP contribution is 2.05. The van der Waals surface area contributed by atoms with Crippen molar-refractivity contribution >= 4 is 11.8 Å². The monoisotopic (exact) mass is 115 g/mol. The van der Waals surface area contributed by atoms with E-state index in [4.69, 9.17) is 0 Å². The van der Waals surface area contributed by atoms with Crippen molar-refractivity contribution in [1.82, 2.24) is 15.4 Å². The number of thioether (sulfide) groups is 1. The fourth-order valence-electron chi connectivity index (χ4n) is 0.289. The summed E-state index contributed by atoms with van der Waals surface area (Å²) >= 11 is 1.57. The zero-order valence-corrected chi connectivity index (χ0v) is 4.70. The Morgan fingerprint density at radius 1 is 1.86 bits per heavy atom. The molecule has 1 aromatic heterocycles. The van der Waals surface area contributed by atoms with E-state index < -0.39 is 0 Å². The van der Waals surface area contributed by atoms with Crippen LogP contribution in [0, 0.1) is 0 Å². The molecule has 1 rings (SSSR count). The highest BCUT2D eigenvalue weighted by Gasteiger charge is 1.85. The molecule has 0 aromatic carbocycles. The van der Waals surface area contributed by atoms with Gasteiger partial charge in [0.1, 0.15) is 5.03 Å². The van der Waals surface area contributed by atoms with Crippen LogP contribution < -0.4 is 0 Å². The zero-order chi connectivity index (χ0) is 5.11. The third-order valence-corrected chi connectivity index (χ3v) is 1.22. The lowest BCUT2D eigenvalue weighted by Gasteiger charge is -1.74. The summed E-state index contributed by atoms with van der Waals surface area (Å²) in [7, 11) is 0. The van der Waals surface area contributed by atoms with Crippen molar-refractivity contribution < 1.29 is 0 Å². The Morgan fingerprint density at radius 3 is 3.00 bits per heavy atom. The minimum atomic E-state index is 0.931. The molecule has 4 heteroatoms. The summed E-state index contributed by atoms with van der Waals surface area (Å²) in [6.45, 7) is 0. The molecule has 0 aliphatic carbocycles. The smallest absolute Gasteiger partial charge is 0.138 e. The van der Waals surface area contributed by atoms with E-state index in [1.165, 1.54) is 0 Å². The maximum atomic E-state index is 3.76. The highest BCUT2D eigenvalue weighted by atomic mass is 32.2. The average molecular weight is 115 g/mol. The third-order valence-electron chi connectivity index (χ3n) is 0.602. The molecule has 38 valence electrons. The molecule has 0 amide bonds. The molecule has 3 nitrogen and oxygen atoms in total. The lowest BCUT2D eigenvalue weighted by molar-refractivity contribution is 0.911. The van der Waals surface area contributed by atoms with Crippen molar-refractivity contribution in [3.63, 3.8) is 0 Å². The van der Waals surface area contributed by atoms with E-state index in [-0.39, 0.29) is 0 Å². The average Bonchev–Trinajstić information content (AvgIpc) is 2.14. The van der Waals surface area contributed by atoms with Crippen LogP contribution in [0.4, 0.5) is 0 Å². The number of H-pyrrole nitrogens is 1. The number of rotatable bonds is 1. The molecule has 0 aliphatic heterocycles. The molecule has 0 saturated carbocycles. The fraction of sp³-hybridized carbons (Fsp3) is 0.333. The van der Waals surface area contributed by atoms with Gasteiger partial charge >= 0.3 is 0 Å². The van der Waals surface area contributed by atoms with Crippen LogP contribution in [0.25, 0.3) is 0 Å². The maximum absolute atomic E-state index is 3.76. The van der Waals surface area contributed by atoms with E-state index in [0.29, 0.717) is 0 Å². The van der Waals surface area contributed by atoms with Crippen molar-refractivity contribution in [3.8, 4) is 0 Å². The molecule has 1 N–H and O–H groups in total. The molecule has 0 radical (unpaired) electrons. The Hall–Kier alpha value is -0.510. The summed E-state index contributed by atoms with van der Waals surface area (Å²) < 4.78 is 0. The van der Waals surface area contributed by atoms with Gasteiger partial charge in [0.2, 0.25) is 0 Å². The first kappa shape index (κ1) is 4.64. The van der Waals surface area contributed by atoms with E-state index in [0.717, 1.165) is 5.03 Å². The number of aromatic amines is 1. The number of nitrogens with zero attached hydrogens (tertiary/aromatic N) is 2. The molecule has 1 aromatic rings. The van der Waals surface area contributed by atoms with Gasteiger partial charge in [-0.1, -0.05) is 0 Å². The molecular formula is C3H5N3S. The molecular weight excluding hydrogens is 110 g/mol. The van der Waals surface area contributed by atoms with E-state index in [1.807, 2.05) is 6.26 Å². The van der Waals surface area contributed by atoms with Crippen LogP contribution in [0.1, 0.15) is 0 Å². The Morgan fingerprint density at radius 2 is 2.71 bits per heavy atom. The summed E-state index contributed by atoms with van der Waals surface area (Å²) in [5, 5.41) is 10.8. The van der Waals surface area contributed by atoms with Crippen LogP contribution in [0.15, 0.2) is 11.2 Å². The molecule has 0 spiro atoms. The minimum Gasteiger partial charge on any atom is -0.197 e. The van der Waals surface area contributed by atoms with Gasteiger partial charge in [-0.05, 0) is 6.26 Å². The normalized spacial score (nSPS) is 9.29. The van der Waals surface area contributed by atoms with Crippen LogP contribution >= 0.6 is 11.8 Å². The number of aromatic nitrogens is 3. The van der Waals surface area contributed by atoms with Crippen molar-refractivity contribution in [2.24, 2.45) is 0 Å². The maximum Gasteiger partial charge on any atom is 0.138 e. The van der Waals surface area contributed by atoms with Gasteiger partial charge in [-0.3, -0.25) is 0 Å². The summed E-state index contributed by atoms with van der Waals surface area (Å²) in [4.78, 5) is 0. The van der Waals surface area contributed by atoms with E-state index >= 15 is 0 Å². The molecule has 0 unspecified atom stereocenters. The predicted octanol–water partition coefficient (Wildman–Crippen LogP) is 0.527.